The van der Waals surface area contributed by atoms with E-state index in [2.05, 4.69) is 11.4 Å². The largest absolute Gasteiger partial charge is 0.496 e. The fourth-order valence-corrected chi connectivity index (χ4v) is 2.20. The molecule has 0 fully saturated rings. The molecule has 0 bridgehead atoms. The molecule has 5 heteroatoms. The molecule has 21 heavy (non-hydrogen) atoms. The van der Waals surface area contributed by atoms with Crippen molar-refractivity contribution in [3.05, 3.63) is 63.7 Å². The molecule has 0 saturated carbocycles. The predicted molar refractivity (Wildman–Crippen MR) is 82.9 cm³/mol. The quantitative estimate of drug-likeness (QED) is 0.664. The van der Waals surface area contributed by atoms with Crippen LogP contribution in [-0.4, -0.2) is 12.0 Å². The lowest BCUT2D eigenvalue weighted by molar-refractivity contribution is -0.384. The van der Waals surface area contributed by atoms with Crippen LogP contribution in [-0.2, 0) is 0 Å². The number of nitrogens with zero attached hydrogens (tertiary/aromatic N) is 1. The van der Waals surface area contributed by atoms with E-state index in [9.17, 15) is 10.1 Å². The Labute approximate surface area is 123 Å². The van der Waals surface area contributed by atoms with E-state index in [0.29, 0.717) is 0 Å². The Bertz CT molecular complexity index is 638. The lowest BCUT2D eigenvalue weighted by Gasteiger charge is -2.19. The predicted octanol–water partition coefficient (Wildman–Crippen LogP) is 4.08. The van der Waals surface area contributed by atoms with Crippen molar-refractivity contribution < 1.29 is 9.66 Å². The highest BCUT2D eigenvalue weighted by Crippen LogP contribution is 2.29. The second kappa shape index (κ2) is 6.26. The lowest BCUT2D eigenvalue weighted by atomic mass is 10.0. The van der Waals surface area contributed by atoms with E-state index in [4.69, 9.17) is 4.74 Å². The molecule has 0 heterocycles. The first kappa shape index (κ1) is 14.8. The third-order valence-electron chi connectivity index (χ3n) is 3.31. The van der Waals surface area contributed by atoms with Crippen LogP contribution in [0.1, 0.15) is 24.1 Å². The summed E-state index contributed by atoms with van der Waals surface area (Å²) in [5, 5.41) is 14.0. The van der Waals surface area contributed by atoms with Gasteiger partial charge in [-0.05, 0) is 32.0 Å². The first-order valence-corrected chi connectivity index (χ1v) is 6.67. The molecule has 110 valence electrons. The van der Waals surface area contributed by atoms with E-state index < -0.39 is 4.92 Å². The number of hydrogen-bond acceptors (Lipinski definition) is 4. The maximum atomic E-state index is 10.6. The molecule has 0 aliphatic rings. The summed E-state index contributed by atoms with van der Waals surface area (Å²) in [5.74, 6) is 0.822. The number of benzene rings is 2. The van der Waals surface area contributed by atoms with Crippen LogP contribution < -0.4 is 10.1 Å². The lowest BCUT2D eigenvalue weighted by Crippen LogP contribution is -2.08. The molecule has 0 aliphatic heterocycles. The monoisotopic (exact) mass is 286 g/mol. The van der Waals surface area contributed by atoms with Crippen LogP contribution in [0.4, 0.5) is 11.4 Å². The number of non-ortho nitro benzene ring substituents is 1. The van der Waals surface area contributed by atoms with Crippen molar-refractivity contribution in [1.29, 1.82) is 0 Å². The van der Waals surface area contributed by atoms with Gasteiger partial charge >= 0.3 is 0 Å². The van der Waals surface area contributed by atoms with Crippen molar-refractivity contribution in [2.45, 2.75) is 19.9 Å². The molecule has 0 aromatic heterocycles. The average Bonchev–Trinajstić information content (AvgIpc) is 2.47. The number of ether oxygens (including phenoxy) is 1. The molecule has 1 N–H and O–H groups in total. The average molecular weight is 286 g/mol. The Kier molecular flexibility index (Phi) is 4.42. The van der Waals surface area contributed by atoms with Gasteiger partial charge in [0.05, 0.1) is 18.1 Å². The van der Waals surface area contributed by atoms with Crippen molar-refractivity contribution in [1.82, 2.24) is 0 Å². The van der Waals surface area contributed by atoms with Gasteiger partial charge in [-0.2, -0.15) is 0 Å². The zero-order valence-electron chi connectivity index (χ0n) is 12.3. The number of anilines is 1. The minimum Gasteiger partial charge on any atom is -0.496 e. The van der Waals surface area contributed by atoms with Crippen molar-refractivity contribution in [2.24, 2.45) is 0 Å². The first-order chi connectivity index (χ1) is 10.0. The van der Waals surface area contributed by atoms with Gasteiger partial charge in [-0.3, -0.25) is 10.1 Å². The van der Waals surface area contributed by atoms with Gasteiger partial charge in [0.15, 0.2) is 0 Å². The van der Waals surface area contributed by atoms with E-state index >= 15 is 0 Å². The van der Waals surface area contributed by atoms with Crippen molar-refractivity contribution in [3.8, 4) is 5.75 Å². The fraction of sp³-hybridized carbons (Fsp3) is 0.250. The van der Waals surface area contributed by atoms with Crippen LogP contribution in [0.2, 0.25) is 0 Å². The van der Waals surface area contributed by atoms with E-state index in [1.54, 1.807) is 19.2 Å². The highest BCUT2D eigenvalue weighted by Gasteiger charge is 2.12. The summed E-state index contributed by atoms with van der Waals surface area (Å²) in [4.78, 5) is 10.2. The molecule has 1 atom stereocenters. The summed E-state index contributed by atoms with van der Waals surface area (Å²) in [7, 11) is 1.65. The van der Waals surface area contributed by atoms with Crippen LogP contribution in [0.15, 0.2) is 42.5 Å². The van der Waals surface area contributed by atoms with E-state index in [-0.39, 0.29) is 11.7 Å². The number of nitro groups is 1. The smallest absolute Gasteiger partial charge is 0.269 e. The Balaban J connectivity index is 2.19. The zero-order valence-corrected chi connectivity index (χ0v) is 12.3. The third-order valence-corrected chi connectivity index (χ3v) is 3.31. The van der Waals surface area contributed by atoms with Gasteiger partial charge in [0.25, 0.3) is 5.69 Å². The third kappa shape index (κ3) is 3.51. The van der Waals surface area contributed by atoms with Gasteiger partial charge in [0.1, 0.15) is 5.75 Å². The Hall–Kier alpha value is -2.56. The number of nitrogens with one attached hydrogen (secondary N) is 1. The molecule has 5 nitrogen and oxygen atoms in total. The SMILES string of the molecule is COc1ccc(C)cc1C(C)Nc1ccc([N+](=O)[O-])cc1. The fourth-order valence-electron chi connectivity index (χ4n) is 2.20. The first-order valence-electron chi connectivity index (χ1n) is 6.67. The standard InChI is InChI=1S/C16H18N2O3/c1-11-4-9-16(21-3)15(10-11)12(2)17-13-5-7-14(8-6-13)18(19)20/h4-10,12,17H,1-3H3. The molecule has 2 rings (SSSR count). The highest BCUT2D eigenvalue weighted by molar-refractivity contribution is 5.51. The van der Waals surface area contributed by atoms with E-state index in [0.717, 1.165) is 22.6 Å². The maximum Gasteiger partial charge on any atom is 0.269 e. The molecule has 2 aromatic carbocycles. The van der Waals surface area contributed by atoms with Crippen LogP contribution in [0.5, 0.6) is 5.75 Å². The van der Waals surface area contributed by atoms with Crippen molar-refractivity contribution in [3.63, 3.8) is 0 Å². The van der Waals surface area contributed by atoms with Gasteiger partial charge < -0.3 is 10.1 Å². The Morgan fingerprint density at radius 1 is 1.19 bits per heavy atom. The molecule has 0 aliphatic carbocycles. The molecule has 2 aromatic rings. The molecule has 0 radical (unpaired) electrons. The molecule has 0 saturated heterocycles. The van der Waals surface area contributed by atoms with Gasteiger partial charge in [-0.1, -0.05) is 17.7 Å². The van der Waals surface area contributed by atoms with Crippen LogP contribution in [0.25, 0.3) is 0 Å². The number of methoxy groups -OCH3 is 1. The minimum atomic E-state index is -0.406. The topological polar surface area (TPSA) is 64.4 Å². The van der Waals surface area contributed by atoms with Gasteiger partial charge in [0, 0.05) is 23.4 Å². The van der Waals surface area contributed by atoms with Gasteiger partial charge in [-0.25, -0.2) is 0 Å². The van der Waals surface area contributed by atoms with Crippen molar-refractivity contribution in [2.75, 3.05) is 12.4 Å². The molecular formula is C16H18N2O3. The Morgan fingerprint density at radius 2 is 1.86 bits per heavy atom. The second-order valence-electron chi connectivity index (χ2n) is 4.92. The molecule has 0 spiro atoms. The number of rotatable bonds is 5. The summed E-state index contributed by atoms with van der Waals surface area (Å²) < 4.78 is 5.38. The normalized spacial score (nSPS) is 11.8. The summed E-state index contributed by atoms with van der Waals surface area (Å²) in [5.41, 5.74) is 3.12. The van der Waals surface area contributed by atoms with E-state index in [1.807, 2.05) is 26.0 Å². The Morgan fingerprint density at radius 3 is 2.43 bits per heavy atom. The summed E-state index contributed by atoms with van der Waals surface area (Å²) >= 11 is 0. The van der Waals surface area contributed by atoms with Crippen LogP contribution in [0.3, 0.4) is 0 Å². The summed E-state index contributed by atoms with van der Waals surface area (Å²) in [6, 6.07) is 12.4. The van der Waals surface area contributed by atoms with Gasteiger partial charge in [0.2, 0.25) is 0 Å². The molecule has 0 amide bonds. The summed E-state index contributed by atoms with van der Waals surface area (Å²) in [6.07, 6.45) is 0. The summed E-state index contributed by atoms with van der Waals surface area (Å²) in [6.45, 7) is 4.06. The zero-order chi connectivity index (χ0) is 15.4. The molecule has 1 unspecified atom stereocenters. The minimum absolute atomic E-state index is 0.0290. The number of hydrogen-bond donors (Lipinski definition) is 1. The van der Waals surface area contributed by atoms with Crippen molar-refractivity contribution >= 4 is 11.4 Å². The maximum absolute atomic E-state index is 10.6. The van der Waals surface area contributed by atoms with Gasteiger partial charge in [-0.15, -0.1) is 0 Å². The van der Waals surface area contributed by atoms with Crippen LogP contribution in [0, 0.1) is 17.0 Å². The highest BCUT2D eigenvalue weighted by atomic mass is 16.6. The second-order valence-corrected chi connectivity index (χ2v) is 4.92. The van der Waals surface area contributed by atoms with E-state index in [1.165, 1.54) is 12.1 Å². The molecular weight excluding hydrogens is 268 g/mol. The van der Waals surface area contributed by atoms with Crippen LogP contribution >= 0.6 is 0 Å². The number of nitro benzene ring substituents is 1. The number of aryl methyl sites for hydroxylation is 1.